The molecular weight excluding hydrogens is 244 g/mol. The first kappa shape index (κ1) is 16.0. The van der Waals surface area contributed by atoms with Crippen molar-refractivity contribution in [3.05, 3.63) is 0 Å². The van der Waals surface area contributed by atoms with Gasteiger partial charge in [-0.15, -0.1) is 0 Å². The van der Waals surface area contributed by atoms with Gasteiger partial charge in [-0.2, -0.15) is 0 Å². The molecule has 0 aromatic rings. The normalized spacial score (nSPS) is 18.9. The van der Waals surface area contributed by atoms with Gasteiger partial charge in [-0.05, 0) is 25.7 Å². The van der Waals surface area contributed by atoms with Crippen molar-refractivity contribution in [3.63, 3.8) is 0 Å². The lowest BCUT2D eigenvalue weighted by Crippen LogP contribution is -2.40. The van der Waals surface area contributed by atoms with E-state index in [-0.39, 0.29) is 36.3 Å². The Hall–Kier alpha value is -1.10. The van der Waals surface area contributed by atoms with Crippen LogP contribution in [0.1, 0.15) is 46.0 Å². The number of hydrogen-bond acceptors (Lipinski definition) is 3. The Morgan fingerprint density at radius 1 is 1.26 bits per heavy atom. The summed E-state index contributed by atoms with van der Waals surface area (Å²) in [6.45, 7) is 4.20. The molecule has 0 aromatic heterocycles. The van der Waals surface area contributed by atoms with E-state index in [9.17, 15) is 9.59 Å². The van der Waals surface area contributed by atoms with Crippen LogP contribution in [0.25, 0.3) is 0 Å². The van der Waals surface area contributed by atoms with Crippen molar-refractivity contribution in [1.29, 1.82) is 0 Å². The number of nitrogens with one attached hydrogen (secondary N) is 2. The van der Waals surface area contributed by atoms with Gasteiger partial charge in [0.1, 0.15) is 0 Å². The first-order valence-corrected chi connectivity index (χ1v) is 7.22. The molecule has 2 amide bonds. The average molecular weight is 270 g/mol. The van der Waals surface area contributed by atoms with Gasteiger partial charge >= 0.3 is 0 Å². The molecule has 1 fully saturated rings. The van der Waals surface area contributed by atoms with Gasteiger partial charge in [0.25, 0.3) is 0 Å². The van der Waals surface area contributed by atoms with Gasteiger partial charge in [-0.25, -0.2) is 0 Å². The third-order valence-electron chi connectivity index (χ3n) is 3.91. The van der Waals surface area contributed by atoms with Crippen LogP contribution >= 0.6 is 0 Å². The van der Waals surface area contributed by atoms with E-state index in [0.717, 1.165) is 25.7 Å². The molecule has 0 saturated heterocycles. The molecule has 0 aromatic carbocycles. The number of hydrogen-bond donors (Lipinski definition) is 3. The molecular formula is C14H26N2O3. The smallest absolute Gasteiger partial charge is 0.223 e. The zero-order chi connectivity index (χ0) is 14.3. The second kappa shape index (κ2) is 8.15. The van der Waals surface area contributed by atoms with Gasteiger partial charge in [0.15, 0.2) is 0 Å². The summed E-state index contributed by atoms with van der Waals surface area (Å²) in [5, 5.41) is 14.6. The zero-order valence-electron chi connectivity index (χ0n) is 11.9. The molecule has 3 N–H and O–H groups in total. The maximum absolute atomic E-state index is 11.7. The lowest BCUT2D eigenvalue weighted by molar-refractivity contribution is -0.125. The van der Waals surface area contributed by atoms with Crippen LogP contribution in [0.4, 0.5) is 0 Å². The van der Waals surface area contributed by atoms with Crippen molar-refractivity contribution in [1.82, 2.24) is 10.6 Å². The molecule has 0 radical (unpaired) electrons. The van der Waals surface area contributed by atoms with Gasteiger partial charge in [-0.1, -0.05) is 19.8 Å². The molecule has 1 aliphatic rings. The number of carbonyl (C=O) groups excluding carboxylic acids is 2. The first-order chi connectivity index (χ1) is 9.04. The Morgan fingerprint density at radius 2 is 1.89 bits per heavy atom. The summed E-state index contributed by atoms with van der Waals surface area (Å²) in [5.41, 5.74) is 0. The Morgan fingerprint density at radius 3 is 2.47 bits per heavy atom. The summed E-state index contributed by atoms with van der Waals surface area (Å²) < 4.78 is 0. The zero-order valence-corrected chi connectivity index (χ0v) is 11.9. The van der Waals surface area contributed by atoms with Crippen LogP contribution in [0, 0.1) is 11.8 Å². The molecule has 0 heterocycles. The molecule has 0 aliphatic heterocycles. The van der Waals surface area contributed by atoms with Gasteiger partial charge < -0.3 is 15.7 Å². The third kappa shape index (κ3) is 5.59. The topological polar surface area (TPSA) is 78.4 Å². The molecule has 19 heavy (non-hydrogen) atoms. The molecule has 2 atom stereocenters. The fraction of sp³-hybridized carbons (Fsp3) is 0.857. The van der Waals surface area contributed by atoms with Gasteiger partial charge in [0, 0.05) is 31.5 Å². The number of rotatable bonds is 7. The highest BCUT2D eigenvalue weighted by atomic mass is 16.3. The summed E-state index contributed by atoms with van der Waals surface area (Å²) in [5.74, 6) is 0.190. The molecule has 1 rings (SSSR count). The van der Waals surface area contributed by atoms with E-state index >= 15 is 0 Å². The van der Waals surface area contributed by atoms with E-state index in [1.54, 1.807) is 0 Å². The molecule has 1 saturated carbocycles. The van der Waals surface area contributed by atoms with E-state index in [1.165, 1.54) is 0 Å². The highest BCUT2D eigenvalue weighted by Crippen LogP contribution is 2.24. The Labute approximate surface area is 115 Å². The van der Waals surface area contributed by atoms with Crippen LogP contribution in [0.15, 0.2) is 0 Å². The van der Waals surface area contributed by atoms with Crippen molar-refractivity contribution >= 4 is 11.8 Å². The molecule has 2 unspecified atom stereocenters. The van der Waals surface area contributed by atoms with E-state index < -0.39 is 0 Å². The van der Waals surface area contributed by atoms with Gasteiger partial charge in [0.2, 0.25) is 11.8 Å². The standard InChI is InChI=1S/C14H26N2O3/c1-10(9-17)11(2)16-13(18)7-8-15-14(19)12-5-3-4-6-12/h10-12,17H,3-9H2,1-2H3,(H,15,19)(H,16,18). The largest absolute Gasteiger partial charge is 0.396 e. The van der Waals surface area contributed by atoms with E-state index in [0.29, 0.717) is 13.0 Å². The summed E-state index contributed by atoms with van der Waals surface area (Å²) in [6, 6.07) is -0.0527. The van der Waals surface area contributed by atoms with E-state index in [2.05, 4.69) is 10.6 Å². The van der Waals surface area contributed by atoms with E-state index in [4.69, 9.17) is 5.11 Å². The second-order valence-corrected chi connectivity index (χ2v) is 5.54. The van der Waals surface area contributed by atoms with Crippen molar-refractivity contribution in [2.45, 2.75) is 52.0 Å². The number of aliphatic hydroxyl groups is 1. The van der Waals surface area contributed by atoms with Crippen molar-refractivity contribution in [2.24, 2.45) is 11.8 Å². The van der Waals surface area contributed by atoms with Crippen molar-refractivity contribution in [3.8, 4) is 0 Å². The summed E-state index contributed by atoms with van der Waals surface area (Å²) in [7, 11) is 0. The summed E-state index contributed by atoms with van der Waals surface area (Å²) in [4.78, 5) is 23.4. The maximum Gasteiger partial charge on any atom is 0.223 e. The molecule has 0 bridgehead atoms. The van der Waals surface area contributed by atoms with Crippen molar-refractivity contribution in [2.75, 3.05) is 13.2 Å². The Balaban J connectivity index is 2.14. The van der Waals surface area contributed by atoms with Gasteiger partial charge in [-0.3, -0.25) is 9.59 Å². The number of amides is 2. The third-order valence-corrected chi connectivity index (χ3v) is 3.91. The van der Waals surface area contributed by atoms with Crippen LogP contribution in [-0.2, 0) is 9.59 Å². The highest BCUT2D eigenvalue weighted by Gasteiger charge is 2.22. The van der Waals surface area contributed by atoms with Crippen LogP contribution in [0.5, 0.6) is 0 Å². The molecule has 5 heteroatoms. The quantitative estimate of drug-likeness (QED) is 0.641. The molecule has 1 aliphatic carbocycles. The minimum Gasteiger partial charge on any atom is -0.396 e. The Bertz CT molecular complexity index is 301. The molecule has 110 valence electrons. The fourth-order valence-electron chi connectivity index (χ4n) is 2.26. The predicted molar refractivity (Wildman–Crippen MR) is 73.4 cm³/mol. The van der Waals surface area contributed by atoms with Crippen LogP contribution in [0.2, 0.25) is 0 Å². The highest BCUT2D eigenvalue weighted by molar-refractivity contribution is 5.80. The fourth-order valence-corrected chi connectivity index (χ4v) is 2.26. The number of aliphatic hydroxyl groups excluding tert-OH is 1. The maximum atomic E-state index is 11.7. The van der Waals surface area contributed by atoms with Crippen molar-refractivity contribution < 1.29 is 14.7 Å². The monoisotopic (exact) mass is 270 g/mol. The van der Waals surface area contributed by atoms with Gasteiger partial charge in [0.05, 0.1) is 0 Å². The number of carbonyl (C=O) groups is 2. The average Bonchev–Trinajstić information content (AvgIpc) is 2.91. The SMILES string of the molecule is CC(CO)C(C)NC(=O)CCNC(=O)C1CCCC1. The Kier molecular flexibility index (Phi) is 6.84. The summed E-state index contributed by atoms with van der Waals surface area (Å²) >= 11 is 0. The first-order valence-electron chi connectivity index (χ1n) is 7.22. The molecule has 0 spiro atoms. The second-order valence-electron chi connectivity index (χ2n) is 5.54. The minimum absolute atomic E-state index is 0.0389. The van der Waals surface area contributed by atoms with Crippen LogP contribution in [-0.4, -0.2) is 36.1 Å². The molecule has 5 nitrogen and oxygen atoms in total. The van der Waals surface area contributed by atoms with Crippen LogP contribution < -0.4 is 10.6 Å². The summed E-state index contributed by atoms with van der Waals surface area (Å²) in [6.07, 6.45) is 4.51. The lowest BCUT2D eigenvalue weighted by Gasteiger charge is -2.19. The minimum atomic E-state index is -0.0838. The lowest BCUT2D eigenvalue weighted by atomic mass is 10.1. The predicted octanol–water partition coefficient (Wildman–Crippen LogP) is 0.816. The van der Waals surface area contributed by atoms with Crippen LogP contribution in [0.3, 0.4) is 0 Å². The van der Waals surface area contributed by atoms with E-state index in [1.807, 2.05) is 13.8 Å².